The van der Waals surface area contributed by atoms with E-state index in [1.807, 2.05) is 0 Å². The number of alkyl halides is 2. The number of halogens is 2. The van der Waals surface area contributed by atoms with Crippen molar-refractivity contribution in [1.82, 2.24) is 9.78 Å². The summed E-state index contributed by atoms with van der Waals surface area (Å²) >= 11 is 0. The molecule has 0 bridgehead atoms. The molecule has 0 aromatic carbocycles. The SMILES string of the molecule is COc1c(C)[c]nn1C(F)F. The molecule has 5 heteroatoms. The third kappa shape index (κ3) is 1.31. The second kappa shape index (κ2) is 2.86. The number of ether oxygens (including phenoxy) is 1. The molecule has 0 aliphatic heterocycles. The number of aryl methyl sites for hydroxylation is 1. The van der Waals surface area contributed by atoms with Crippen LogP contribution in [0.4, 0.5) is 8.78 Å². The van der Waals surface area contributed by atoms with Crippen molar-refractivity contribution in [3.05, 3.63) is 11.8 Å². The van der Waals surface area contributed by atoms with Gasteiger partial charge >= 0.3 is 6.55 Å². The third-order valence-electron chi connectivity index (χ3n) is 1.23. The van der Waals surface area contributed by atoms with Gasteiger partial charge in [0.1, 0.15) is 6.20 Å². The van der Waals surface area contributed by atoms with Crippen LogP contribution in [0.1, 0.15) is 12.1 Å². The summed E-state index contributed by atoms with van der Waals surface area (Å²) in [6.45, 7) is -1.07. The van der Waals surface area contributed by atoms with E-state index >= 15 is 0 Å². The van der Waals surface area contributed by atoms with E-state index < -0.39 is 6.55 Å². The van der Waals surface area contributed by atoms with Gasteiger partial charge in [0.05, 0.1) is 7.11 Å². The standard InChI is InChI=1S/C6H7F2N2O/c1-4-3-9-10(6(7)8)5(4)11-2/h6H,1-2H3. The fourth-order valence-corrected chi connectivity index (χ4v) is 0.773. The normalized spacial score (nSPS) is 10.6. The summed E-state index contributed by atoms with van der Waals surface area (Å²) < 4.78 is 29.2. The Morgan fingerprint density at radius 1 is 1.64 bits per heavy atom. The third-order valence-corrected chi connectivity index (χ3v) is 1.23. The van der Waals surface area contributed by atoms with E-state index in [1.165, 1.54) is 7.11 Å². The Bertz CT molecular complexity index is 247. The molecule has 3 nitrogen and oxygen atoms in total. The molecule has 1 aromatic rings. The van der Waals surface area contributed by atoms with Gasteiger partial charge in [-0.3, -0.25) is 0 Å². The second-order valence-corrected chi connectivity index (χ2v) is 1.97. The molecule has 0 fully saturated rings. The predicted octanol–water partition coefficient (Wildman–Crippen LogP) is 1.40. The number of nitrogens with zero attached hydrogens (tertiary/aromatic N) is 2. The molecule has 0 amide bonds. The van der Waals surface area contributed by atoms with Gasteiger partial charge in [-0.1, -0.05) is 0 Å². The molecule has 1 heterocycles. The molecule has 11 heavy (non-hydrogen) atoms. The molecule has 0 atom stereocenters. The molecule has 0 N–H and O–H groups in total. The Morgan fingerprint density at radius 3 is 2.64 bits per heavy atom. The molecule has 0 saturated carbocycles. The van der Waals surface area contributed by atoms with E-state index in [9.17, 15) is 8.78 Å². The predicted molar refractivity (Wildman–Crippen MR) is 33.6 cm³/mol. The zero-order valence-corrected chi connectivity index (χ0v) is 6.14. The highest BCUT2D eigenvalue weighted by atomic mass is 19.3. The van der Waals surface area contributed by atoms with Gasteiger partial charge in [-0.2, -0.15) is 18.6 Å². The first kappa shape index (κ1) is 7.97. The van der Waals surface area contributed by atoms with Gasteiger partial charge in [0.25, 0.3) is 0 Å². The van der Waals surface area contributed by atoms with Crippen LogP contribution in [0.3, 0.4) is 0 Å². The summed E-state index contributed by atoms with van der Waals surface area (Å²) in [5.74, 6) is 0.0556. The van der Waals surface area contributed by atoms with Crippen molar-refractivity contribution < 1.29 is 13.5 Å². The summed E-state index contributed by atoms with van der Waals surface area (Å²) in [4.78, 5) is 0. The van der Waals surface area contributed by atoms with Crippen LogP contribution in [0.5, 0.6) is 5.88 Å². The molecule has 0 aliphatic carbocycles. The van der Waals surface area contributed by atoms with E-state index in [0.717, 1.165) is 0 Å². The van der Waals surface area contributed by atoms with Crippen LogP contribution in [0.15, 0.2) is 0 Å². The van der Waals surface area contributed by atoms with Crippen LogP contribution in [-0.4, -0.2) is 16.9 Å². The van der Waals surface area contributed by atoms with Crippen LogP contribution >= 0.6 is 0 Å². The van der Waals surface area contributed by atoms with Crippen LogP contribution in [-0.2, 0) is 0 Å². The van der Waals surface area contributed by atoms with Gasteiger partial charge in [-0.05, 0) is 6.92 Å². The van der Waals surface area contributed by atoms with Gasteiger partial charge in [0, 0.05) is 5.56 Å². The monoisotopic (exact) mass is 161 g/mol. The highest BCUT2D eigenvalue weighted by molar-refractivity contribution is 5.20. The van der Waals surface area contributed by atoms with E-state index in [1.54, 1.807) is 6.92 Å². The van der Waals surface area contributed by atoms with Crippen molar-refractivity contribution in [2.75, 3.05) is 7.11 Å². The maximum Gasteiger partial charge on any atom is 0.336 e. The molecule has 1 aromatic heterocycles. The van der Waals surface area contributed by atoms with Crippen molar-refractivity contribution in [1.29, 1.82) is 0 Å². The average molecular weight is 161 g/mol. The zero-order chi connectivity index (χ0) is 8.43. The maximum atomic E-state index is 12.0. The van der Waals surface area contributed by atoms with Crippen molar-refractivity contribution in [3.63, 3.8) is 0 Å². The van der Waals surface area contributed by atoms with Gasteiger partial charge in [0.15, 0.2) is 0 Å². The first-order valence-corrected chi connectivity index (χ1v) is 2.95. The highest BCUT2D eigenvalue weighted by Crippen LogP contribution is 2.21. The van der Waals surface area contributed by atoms with Crippen molar-refractivity contribution >= 4 is 0 Å². The number of hydrogen-bond acceptors (Lipinski definition) is 2. The molecule has 0 aliphatic rings. The molecular formula is C6H7F2N2O. The fourth-order valence-electron chi connectivity index (χ4n) is 0.773. The topological polar surface area (TPSA) is 27.1 Å². The summed E-state index contributed by atoms with van der Waals surface area (Å²) in [5, 5.41) is 3.30. The maximum absolute atomic E-state index is 12.0. The lowest BCUT2D eigenvalue weighted by molar-refractivity contribution is 0.0476. The molecule has 0 unspecified atom stereocenters. The van der Waals surface area contributed by atoms with Gasteiger partial charge < -0.3 is 4.74 Å². The smallest absolute Gasteiger partial charge is 0.336 e. The summed E-state index contributed by atoms with van der Waals surface area (Å²) in [6.07, 6.45) is 2.38. The van der Waals surface area contributed by atoms with E-state index in [0.29, 0.717) is 10.2 Å². The van der Waals surface area contributed by atoms with Crippen molar-refractivity contribution in [3.8, 4) is 5.88 Å². The van der Waals surface area contributed by atoms with Gasteiger partial charge in [-0.15, -0.1) is 0 Å². The Morgan fingerprint density at radius 2 is 2.27 bits per heavy atom. The molecule has 0 saturated heterocycles. The van der Waals surface area contributed by atoms with E-state index in [4.69, 9.17) is 0 Å². The molecular weight excluding hydrogens is 154 g/mol. The lowest BCUT2D eigenvalue weighted by atomic mass is 10.4. The Balaban J connectivity index is 3.05. The minimum atomic E-state index is -2.67. The molecule has 61 valence electrons. The Hall–Kier alpha value is -1.13. The zero-order valence-electron chi connectivity index (χ0n) is 6.14. The number of methoxy groups -OCH3 is 1. The number of aromatic nitrogens is 2. The largest absolute Gasteiger partial charge is 0.481 e. The van der Waals surface area contributed by atoms with Crippen LogP contribution < -0.4 is 4.74 Å². The lowest BCUT2D eigenvalue weighted by Crippen LogP contribution is -2.02. The summed E-state index contributed by atoms with van der Waals surface area (Å²) in [5.41, 5.74) is 0.479. The fraction of sp³-hybridized carbons (Fsp3) is 0.500. The van der Waals surface area contributed by atoms with E-state index in [-0.39, 0.29) is 5.88 Å². The second-order valence-electron chi connectivity index (χ2n) is 1.97. The van der Waals surface area contributed by atoms with E-state index in [2.05, 4.69) is 16.0 Å². The Kier molecular flexibility index (Phi) is 2.07. The minimum Gasteiger partial charge on any atom is -0.481 e. The molecule has 0 spiro atoms. The minimum absolute atomic E-state index is 0.0556. The van der Waals surface area contributed by atoms with Crippen LogP contribution in [0.2, 0.25) is 0 Å². The average Bonchev–Trinajstić information content (AvgIpc) is 2.30. The van der Waals surface area contributed by atoms with Gasteiger partial charge in [-0.25, -0.2) is 0 Å². The summed E-state index contributed by atoms with van der Waals surface area (Å²) in [6, 6.07) is 0. The van der Waals surface area contributed by atoms with Crippen LogP contribution in [0, 0.1) is 13.1 Å². The number of rotatable bonds is 2. The number of hydrogen-bond donors (Lipinski definition) is 0. The first-order valence-electron chi connectivity index (χ1n) is 2.95. The van der Waals surface area contributed by atoms with Crippen molar-refractivity contribution in [2.45, 2.75) is 13.5 Å². The highest BCUT2D eigenvalue weighted by Gasteiger charge is 2.14. The molecule has 1 radical (unpaired) electrons. The first-order chi connectivity index (χ1) is 5.16. The van der Waals surface area contributed by atoms with Crippen LogP contribution in [0.25, 0.3) is 0 Å². The van der Waals surface area contributed by atoms with Crippen molar-refractivity contribution in [2.24, 2.45) is 0 Å². The lowest BCUT2D eigenvalue weighted by Gasteiger charge is -2.03. The van der Waals surface area contributed by atoms with Gasteiger partial charge in [0.2, 0.25) is 5.88 Å². The quantitative estimate of drug-likeness (QED) is 0.655. The molecule has 1 rings (SSSR count). The Labute approximate surface area is 62.6 Å². The summed E-state index contributed by atoms with van der Waals surface area (Å²) in [7, 11) is 1.32.